The van der Waals surface area contributed by atoms with Crippen LogP contribution in [-0.4, -0.2) is 6.61 Å². The van der Waals surface area contributed by atoms with Crippen molar-refractivity contribution in [2.45, 2.75) is 12.5 Å². The van der Waals surface area contributed by atoms with Gasteiger partial charge in [-0.1, -0.05) is 0 Å². The Morgan fingerprint density at radius 1 is 1.57 bits per heavy atom. The predicted octanol–water partition coefficient (Wildman–Crippen LogP) is 1.48. The van der Waals surface area contributed by atoms with Crippen molar-refractivity contribution < 1.29 is 9.13 Å². The van der Waals surface area contributed by atoms with Crippen LogP contribution in [0.2, 0.25) is 0 Å². The molecule has 0 aliphatic carbocycles. The van der Waals surface area contributed by atoms with Gasteiger partial charge < -0.3 is 10.5 Å². The van der Waals surface area contributed by atoms with Gasteiger partial charge in [0.1, 0.15) is 17.6 Å². The third kappa shape index (κ3) is 1.32. The molecule has 0 saturated carbocycles. The summed E-state index contributed by atoms with van der Waals surface area (Å²) in [6.45, 7) is 0.481. The third-order valence-corrected chi connectivity index (χ3v) is 2.28. The fourth-order valence-electron chi connectivity index (χ4n) is 1.58. The standard InChI is InChI=1S/C10H9FN2O/c11-7-3-6(5-12)10-8(4-7)9(13)1-2-14-10/h3-4,9H,1-2,13H2. The lowest BCUT2D eigenvalue weighted by molar-refractivity contribution is 0.267. The van der Waals surface area contributed by atoms with Crippen molar-refractivity contribution in [1.29, 1.82) is 5.26 Å². The van der Waals surface area contributed by atoms with Crippen LogP contribution in [0.25, 0.3) is 0 Å². The zero-order valence-electron chi connectivity index (χ0n) is 7.46. The topological polar surface area (TPSA) is 59.0 Å². The van der Waals surface area contributed by atoms with Gasteiger partial charge in [0, 0.05) is 18.0 Å². The minimum atomic E-state index is -0.443. The summed E-state index contributed by atoms with van der Waals surface area (Å²) in [5.41, 5.74) is 6.59. The molecule has 14 heavy (non-hydrogen) atoms. The molecule has 0 amide bonds. The molecule has 1 atom stereocenters. The van der Waals surface area contributed by atoms with Gasteiger partial charge in [0.05, 0.1) is 12.2 Å². The number of benzene rings is 1. The van der Waals surface area contributed by atoms with Crippen molar-refractivity contribution in [3.8, 4) is 11.8 Å². The largest absolute Gasteiger partial charge is 0.492 e. The number of nitriles is 1. The van der Waals surface area contributed by atoms with Crippen LogP contribution in [0.5, 0.6) is 5.75 Å². The minimum absolute atomic E-state index is 0.218. The molecule has 1 aromatic rings. The van der Waals surface area contributed by atoms with Crippen LogP contribution in [-0.2, 0) is 0 Å². The van der Waals surface area contributed by atoms with E-state index in [4.69, 9.17) is 15.7 Å². The van der Waals surface area contributed by atoms with E-state index in [1.807, 2.05) is 6.07 Å². The Balaban J connectivity index is 2.62. The van der Waals surface area contributed by atoms with Crippen LogP contribution in [0.1, 0.15) is 23.6 Å². The molecule has 3 nitrogen and oxygen atoms in total. The average molecular weight is 192 g/mol. The van der Waals surface area contributed by atoms with E-state index in [1.165, 1.54) is 6.07 Å². The van der Waals surface area contributed by atoms with Crippen molar-refractivity contribution in [3.05, 3.63) is 29.1 Å². The lowest BCUT2D eigenvalue weighted by atomic mass is 9.98. The number of ether oxygens (including phenoxy) is 1. The average Bonchev–Trinajstić information content (AvgIpc) is 2.18. The fourth-order valence-corrected chi connectivity index (χ4v) is 1.58. The highest BCUT2D eigenvalue weighted by atomic mass is 19.1. The number of hydrogen-bond acceptors (Lipinski definition) is 3. The first-order chi connectivity index (χ1) is 6.72. The Morgan fingerprint density at radius 2 is 2.36 bits per heavy atom. The molecule has 0 fully saturated rings. The molecule has 0 radical (unpaired) electrons. The molecule has 2 N–H and O–H groups in total. The van der Waals surface area contributed by atoms with Crippen LogP contribution >= 0.6 is 0 Å². The molecule has 1 aromatic carbocycles. The Labute approximate surface area is 80.9 Å². The predicted molar refractivity (Wildman–Crippen MR) is 48.2 cm³/mol. The van der Waals surface area contributed by atoms with E-state index >= 15 is 0 Å². The number of halogens is 1. The van der Waals surface area contributed by atoms with E-state index in [9.17, 15) is 4.39 Å². The van der Waals surface area contributed by atoms with E-state index in [2.05, 4.69) is 0 Å². The van der Waals surface area contributed by atoms with Crippen LogP contribution in [0, 0.1) is 17.1 Å². The molecular weight excluding hydrogens is 183 g/mol. The smallest absolute Gasteiger partial charge is 0.142 e. The Hall–Kier alpha value is -1.60. The van der Waals surface area contributed by atoms with Crippen molar-refractivity contribution in [2.24, 2.45) is 5.73 Å². The van der Waals surface area contributed by atoms with Crippen LogP contribution in [0.3, 0.4) is 0 Å². The van der Waals surface area contributed by atoms with Crippen LogP contribution in [0.15, 0.2) is 12.1 Å². The SMILES string of the molecule is N#Cc1cc(F)cc2c1OCCC2N. The fraction of sp³-hybridized carbons (Fsp3) is 0.300. The van der Waals surface area contributed by atoms with E-state index in [0.29, 0.717) is 24.3 Å². The number of fused-ring (bicyclic) bond motifs is 1. The maximum Gasteiger partial charge on any atom is 0.142 e. The maximum atomic E-state index is 13.1. The number of hydrogen-bond donors (Lipinski definition) is 1. The van der Waals surface area contributed by atoms with Crippen molar-refractivity contribution in [3.63, 3.8) is 0 Å². The summed E-state index contributed by atoms with van der Waals surface area (Å²) in [4.78, 5) is 0. The highest BCUT2D eigenvalue weighted by Gasteiger charge is 2.22. The van der Waals surface area contributed by atoms with Gasteiger partial charge >= 0.3 is 0 Å². The molecule has 0 saturated heterocycles. The molecule has 4 heteroatoms. The zero-order valence-corrected chi connectivity index (χ0v) is 7.46. The first-order valence-electron chi connectivity index (χ1n) is 4.34. The second kappa shape index (κ2) is 3.28. The highest BCUT2D eigenvalue weighted by Crippen LogP contribution is 2.34. The monoisotopic (exact) mass is 192 g/mol. The number of rotatable bonds is 0. The van der Waals surface area contributed by atoms with Gasteiger partial charge in [-0.05, 0) is 12.1 Å². The van der Waals surface area contributed by atoms with Crippen molar-refractivity contribution >= 4 is 0 Å². The third-order valence-electron chi connectivity index (χ3n) is 2.28. The van der Waals surface area contributed by atoms with Crippen molar-refractivity contribution in [1.82, 2.24) is 0 Å². The lowest BCUT2D eigenvalue weighted by Gasteiger charge is -2.23. The Bertz CT molecular complexity index is 411. The maximum absolute atomic E-state index is 13.1. The normalized spacial score (nSPS) is 19.4. The van der Waals surface area contributed by atoms with E-state index in [1.54, 1.807) is 0 Å². The van der Waals surface area contributed by atoms with Crippen LogP contribution in [0.4, 0.5) is 4.39 Å². The summed E-state index contributed by atoms with van der Waals surface area (Å²) in [6.07, 6.45) is 0.654. The molecule has 1 aliphatic rings. The lowest BCUT2D eigenvalue weighted by Crippen LogP contribution is -2.21. The summed E-state index contributed by atoms with van der Waals surface area (Å²) in [5.74, 6) is -0.00565. The summed E-state index contributed by atoms with van der Waals surface area (Å²) in [6, 6.07) is 4.16. The van der Waals surface area contributed by atoms with Gasteiger partial charge in [0.2, 0.25) is 0 Å². The van der Waals surface area contributed by atoms with Crippen molar-refractivity contribution in [2.75, 3.05) is 6.61 Å². The molecule has 0 bridgehead atoms. The van der Waals surface area contributed by atoms with Gasteiger partial charge in [0.15, 0.2) is 0 Å². The second-order valence-corrected chi connectivity index (χ2v) is 3.23. The summed E-state index contributed by atoms with van der Waals surface area (Å²) in [7, 11) is 0. The summed E-state index contributed by atoms with van der Waals surface area (Å²) < 4.78 is 18.4. The zero-order chi connectivity index (χ0) is 10.1. The molecule has 2 rings (SSSR count). The molecule has 1 unspecified atom stereocenters. The molecule has 0 spiro atoms. The number of nitrogens with two attached hydrogens (primary N) is 1. The Morgan fingerprint density at radius 3 is 3.07 bits per heavy atom. The summed E-state index contributed by atoms with van der Waals surface area (Å²) in [5, 5.41) is 8.77. The molecular formula is C10H9FN2O. The molecule has 1 aliphatic heterocycles. The van der Waals surface area contributed by atoms with Crippen LogP contribution < -0.4 is 10.5 Å². The Kier molecular flexibility index (Phi) is 2.10. The minimum Gasteiger partial charge on any atom is -0.492 e. The summed E-state index contributed by atoms with van der Waals surface area (Å²) >= 11 is 0. The first kappa shape index (κ1) is 8.97. The van der Waals surface area contributed by atoms with E-state index < -0.39 is 5.82 Å². The van der Waals surface area contributed by atoms with Gasteiger partial charge in [-0.3, -0.25) is 0 Å². The molecule has 0 aromatic heterocycles. The first-order valence-corrected chi connectivity index (χ1v) is 4.34. The van der Waals surface area contributed by atoms with Gasteiger partial charge in [-0.2, -0.15) is 5.26 Å². The van der Waals surface area contributed by atoms with Gasteiger partial charge in [0.25, 0.3) is 0 Å². The van der Waals surface area contributed by atoms with Gasteiger partial charge in [-0.25, -0.2) is 4.39 Å². The highest BCUT2D eigenvalue weighted by molar-refractivity contribution is 5.50. The number of nitrogens with zero attached hydrogens (tertiary/aromatic N) is 1. The van der Waals surface area contributed by atoms with E-state index in [0.717, 1.165) is 6.07 Å². The molecule has 1 heterocycles. The van der Waals surface area contributed by atoms with Gasteiger partial charge in [-0.15, -0.1) is 0 Å². The second-order valence-electron chi connectivity index (χ2n) is 3.23. The molecule has 72 valence electrons. The van der Waals surface area contributed by atoms with E-state index in [-0.39, 0.29) is 11.6 Å². The quantitative estimate of drug-likeness (QED) is 0.677.